The topological polar surface area (TPSA) is 29.9 Å². The molecule has 0 aliphatic carbocycles. The van der Waals surface area contributed by atoms with Crippen molar-refractivity contribution in [1.29, 1.82) is 0 Å². The first-order chi connectivity index (χ1) is 7.78. The monoisotopic (exact) mass is 277 g/mol. The van der Waals surface area contributed by atoms with E-state index in [1.807, 2.05) is 36.7 Å². The summed E-state index contributed by atoms with van der Waals surface area (Å²) < 4.78 is 2.76. The van der Waals surface area contributed by atoms with Gasteiger partial charge in [-0.3, -0.25) is 0 Å². The summed E-state index contributed by atoms with van der Waals surface area (Å²) in [7, 11) is 0. The number of hydrogen-bond acceptors (Lipinski definition) is 2. The van der Waals surface area contributed by atoms with Crippen LogP contribution in [0.5, 0.6) is 0 Å². The Balaban J connectivity index is 1.99. The highest BCUT2D eigenvalue weighted by molar-refractivity contribution is 9.10. The molecular weight excluding hydrogens is 266 g/mol. The van der Waals surface area contributed by atoms with Gasteiger partial charge in [0.05, 0.1) is 6.20 Å². The highest BCUT2D eigenvalue weighted by atomic mass is 79.9. The minimum Gasteiger partial charge on any atom is -0.381 e. The maximum absolute atomic E-state index is 4.11. The number of halogens is 1. The lowest BCUT2D eigenvalue weighted by atomic mass is 10.3. The molecule has 0 fully saturated rings. The van der Waals surface area contributed by atoms with Crippen molar-refractivity contribution >= 4 is 27.8 Å². The Morgan fingerprint density at radius 3 is 3.06 bits per heavy atom. The summed E-state index contributed by atoms with van der Waals surface area (Å²) >= 11 is 3.43. The average Bonchev–Trinajstić information content (AvgIpc) is 2.74. The third-order valence-electron chi connectivity index (χ3n) is 2.16. The van der Waals surface area contributed by atoms with Gasteiger partial charge in [-0.05, 0) is 18.2 Å². The van der Waals surface area contributed by atoms with E-state index in [1.54, 1.807) is 10.9 Å². The van der Waals surface area contributed by atoms with Crippen LogP contribution < -0.4 is 5.32 Å². The number of nitrogens with zero attached hydrogens (tertiary/aromatic N) is 2. The molecule has 0 spiro atoms. The number of nitrogens with one attached hydrogen (secondary N) is 1. The first kappa shape index (κ1) is 11.0. The molecule has 0 saturated heterocycles. The maximum atomic E-state index is 4.11. The lowest BCUT2D eigenvalue weighted by Gasteiger charge is -2.04. The van der Waals surface area contributed by atoms with Gasteiger partial charge >= 0.3 is 0 Å². The molecule has 0 atom stereocenters. The molecule has 1 aromatic heterocycles. The van der Waals surface area contributed by atoms with Gasteiger partial charge in [0.2, 0.25) is 0 Å². The van der Waals surface area contributed by atoms with Crippen LogP contribution in [0.1, 0.15) is 5.56 Å². The fourth-order valence-electron chi connectivity index (χ4n) is 1.37. The van der Waals surface area contributed by atoms with Gasteiger partial charge in [0.1, 0.15) is 0 Å². The number of anilines is 1. The van der Waals surface area contributed by atoms with Crippen molar-refractivity contribution in [2.45, 2.75) is 6.54 Å². The van der Waals surface area contributed by atoms with E-state index in [1.165, 1.54) is 0 Å². The normalized spacial score (nSPS) is 10.1. The first-order valence-corrected chi connectivity index (χ1v) is 5.72. The molecule has 0 aliphatic rings. The van der Waals surface area contributed by atoms with E-state index in [0.717, 1.165) is 22.3 Å². The summed E-state index contributed by atoms with van der Waals surface area (Å²) in [6.45, 7) is 4.40. The Hall–Kier alpha value is -1.55. The van der Waals surface area contributed by atoms with Crippen molar-refractivity contribution in [1.82, 2.24) is 9.78 Å². The lowest BCUT2D eigenvalue weighted by molar-refractivity contribution is 0.936. The molecule has 0 radical (unpaired) electrons. The summed E-state index contributed by atoms with van der Waals surface area (Å²) in [5, 5.41) is 7.44. The third-order valence-corrected chi connectivity index (χ3v) is 2.66. The van der Waals surface area contributed by atoms with Crippen molar-refractivity contribution in [3.63, 3.8) is 0 Å². The van der Waals surface area contributed by atoms with Gasteiger partial charge in [-0.15, -0.1) is 0 Å². The summed E-state index contributed by atoms with van der Waals surface area (Å²) in [5.74, 6) is 0. The lowest BCUT2D eigenvalue weighted by Crippen LogP contribution is -1.97. The van der Waals surface area contributed by atoms with E-state index in [9.17, 15) is 0 Å². The fourth-order valence-corrected chi connectivity index (χ4v) is 1.77. The summed E-state index contributed by atoms with van der Waals surface area (Å²) in [6, 6.07) is 8.07. The van der Waals surface area contributed by atoms with Gasteiger partial charge in [0.25, 0.3) is 0 Å². The van der Waals surface area contributed by atoms with E-state index < -0.39 is 0 Å². The molecule has 3 nitrogen and oxygen atoms in total. The molecule has 82 valence electrons. The van der Waals surface area contributed by atoms with Crippen molar-refractivity contribution < 1.29 is 0 Å². The molecule has 0 saturated carbocycles. The van der Waals surface area contributed by atoms with Gasteiger partial charge < -0.3 is 5.32 Å². The number of rotatable bonds is 4. The zero-order chi connectivity index (χ0) is 11.4. The summed E-state index contributed by atoms with van der Waals surface area (Å²) in [6.07, 6.45) is 5.44. The van der Waals surface area contributed by atoms with E-state index >= 15 is 0 Å². The predicted molar refractivity (Wildman–Crippen MR) is 70.1 cm³/mol. The van der Waals surface area contributed by atoms with Gasteiger partial charge in [-0.1, -0.05) is 28.6 Å². The highest BCUT2D eigenvalue weighted by Crippen LogP contribution is 2.16. The Morgan fingerprint density at radius 1 is 1.50 bits per heavy atom. The SMILES string of the molecule is C=Cn1cc(CNc2cccc(Br)c2)cn1. The van der Waals surface area contributed by atoms with Crippen LogP contribution in [0.4, 0.5) is 5.69 Å². The van der Waals surface area contributed by atoms with E-state index in [2.05, 4.69) is 32.9 Å². The van der Waals surface area contributed by atoms with Gasteiger partial charge in [-0.2, -0.15) is 5.10 Å². The standard InChI is InChI=1S/C12H12BrN3/c1-2-16-9-10(8-15-16)7-14-12-5-3-4-11(13)6-12/h2-6,8-9,14H,1,7H2. The van der Waals surface area contributed by atoms with Crippen molar-refractivity contribution in [3.8, 4) is 0 Å². The quantitative estimate of drug-likeness (QED) is 0.929. The number of benzene rings is 1. The minimum absolute atomic E-state index is 0.754. The Kier molecular flexibility index (Phi) is 3.41. The fraction of sp³-hybridized carbons (Fsp3) is 0.0833. The first-order valence-electron chi connectivity index (χ1n) is 4.93. The largest absolute Gasteiger partial charge is 0.381 e. The zero-order valence-electron chi connectivity index (χ0n) is 8.73. The van der Waals surface area contributed by atoms with Crippen molar-refractivity contribution in [2.24, 2.45) is 0 Å². The molecule has 0 aliphatic heterocycles. The van der Waals surface area contributed by atoms with E-state index in [0.29, 0.717) is 0 Å². The number of hydrogen-bond donors (Lipinski definition) is 1. The van der Waals surface area contributed by atoms with E-state index in [-0.39, 0.29) is 0 Å². The zero-order valence-corrected chi connectivity index (χ0v) is 10.3. The van der Waals surface area contributed by atoms with Crippen molar-refractivity contribution in [2.75, 3.05) is 5.32 Å². The summed E-state index contributed by atoms with van der Waals surface area (Å²) in [5.41, 5.74) is 2.21. The molecule has 16 heavy (non-hydrogen) atoms. The van der Waals surface area contributed by atoms with Crippen LogP contribution >= 0.6 is 15.9 Å². The average molecular weight is 278 g/mol. The molecule has 1 heterocycles. The smallest absolute Gasteiger partial charge is 0.0543 e. The molecule has 0 unspecified atom stereocenters. The number of aromatic nitrogens is 2. The highest BCUT2D eigenvalue weighted by Gasteiger charge is 1.97. The van der Waals surface area contributed by atoms with Gasteiger partial charge in [0.15, 0.2) is 0 Å². The second-order valence-corrected chi connectivity index (χ2v) is 4.29. The second-order valence-electron chi connectivity index (χ2n) is 3.38. The molecule has 4 heteroatoms. The van der Waals surface area contributed by atoms with Crippen LogP contribution in [0.3, 0.4) is 0 Å². The molecule has 0 amide bonds. The van der Waals surface area contributed by atoms with Gasteiger partial charge in [0, 0.05) is 34.7 Å². The molecule has 2 rings (SSSR count). The minimum atomic E-state index is 0.754. The molecular formula is C12H12BrN3. The molecule has 0 bridgehead atoms. The third kappa shape index (κ3) is 2.73. The van der Waals surface area contributed by atoms with Crippen LogP contribution in [-0.2, 0) is 6.54 Å². The van der Waals surface area contributed by atoms with Crippen LogP contribution in [0.25, 0.3) is 6.20 Å². The molecule has 2 aromatic rings. The Morgan fingerprint density at radius 2 is 2.38 bits per heavy atom. The Labute approximate surface area is 103 Å². The van der Waals surface area contributed by atoms with Gasteiger partial charge in [-0.25, -0.2) is 4.68 Å². The molecule has 1 N–H and O–H groups in total. The van der Waals surface area contributed by atoms with Crippen molar-refractivity contribution in [3.05, 3.63) is 53.3 Å². The van der Waals surface area contributed by atoms with Crippen LogP contribution in [0.2, 0.25) is 0 Å². The maximum Gasteiger partial charge on any atom is 0.0543 e. The van der Waals surface area contributed by atoms with Crippen LogP contribution in [0, 0.1) is 0 Å². The summed E-state index contributed by atoms with van der Waals surface area (Å²) in [4.78, 5) is 0. The predicted octanol–water partition coefficient (Wildman–Crippen LogP) is 3.36. The van der Waals surface area contributed by atoms with Crippen LogP contribution in [0.15, 0.2) is 47.7 Å². The molecule has 1 aromatic carbocycles. The van der Waals surface area contributed by atoms with Crippen LogP contribution in [-0.4, -0.2) is 9.78 Å². The van der Waals surface area contributed by atoms with E-state index in [4.69, 9.17) is 0 Å². The second kappa shape index (κ2) is 4.99. The Bertz CT molecular complexity index is 491.